The Balaban J connectivity index is 2.35. The number of hydrogen-bond acceptors (Lipinski definition) is 8. The van der Waals surface area contributed by atoms with Crippen LogP contribution in [0.25, 0.3) is 0 Å². The molecule has 148 valence electrons. The average molecular weight is 427 g/mol. The largest absolute Gasteiger partial charge is 0.465 e. The minimum absolute atomic E-state index is 0.0509. The second kappa shape index (κ2) is 8.71. The maximum absolute atomic E-state index is 13.3. The van der Waals surface area contributed by atoms with E-state index in [4.69, 9.17) is 17.0 Å². The molecule has 0 aliphatic rings. The van der Waals surface area contributed by atoms with Gasteiger partial charge in [-0.2, -0.15) is 0 Å². The maximum atomic E-state index is 13.3. The number of benzene rings is 1. The zero-order valence-corrected chi connectivity index (χ0v) is 16.5. The Morgan fingerprint density at radius 3 is 2.43 bits per heavy atom. The number of rotatable bonds is 5. The second-order valence-corrected chi connectivity index (χ2v) is 6.67. The van der Waals surface area contributed by atoms with Gasteiger partial charge in [0.2, 0.25) is 0 Å². The number of nitrogens with zero attached hydrogens (tertiary/aromatic N) is 1. The van der Waals surface area contributed by atoms with Gasteiger partial charge in [-0.15, -0.1) is 11.3 Å². The SMILES string of the molecule is COC(=O)c1sc(NC(=S)Nc2ccc(F)cc2[N+](=O)[O-])c(C(=O)OC)c1C. The first-order chi connectivity index (χ1) is 13.2. The summed E-state index contributed by atoms with van der Waals surface area (Å²) >= 11 is 6.03. The average Bonchev–Trinajstić information content (AvgIpc) is 2.97. The summed E-state index contributed by atoms with van der Waals surface area (Å²) in [6, 6.07) is 2.93. The molecule has 12 heteroatoms. The number of ether oxygens (including phenoxy) is 2. The van der Waals surface area contributed by atoms with Crippen molar-refractivity contribution in [2.24, 2.45) is 0 Å². The van der Waals surface area contributed by atoms with Gasteiger partial charge in [-0.05, 0) is 36.8 Å². The maximum Gasteiger partial charge on any atom is 0.348 e. The van der Waals surface area contributed by atoms with Crippen LogP contribution in [0.1, 0.15) is 25.6 Å². The smallest absolute Gasteiger partial charge is 0.348 e. The van der Waals surface area contributed by atoms with Gasteiger partial charge >= 0.3 is 11.9 Å². The lowest BCUT2D eigenvalue weighted by Crippen LogP contribution is -2.20. The van der Waals surface area contributed by atoms with Crippen molar-refractivity contribution in [3.05, 3.63) is 50.1 Å². The number of anilines is 2. The van der Waals surface area contributed by atoms with Crippen molar-refractivity contribution in [1.29, 1.82) is 0 Å². The number of halogens is 1. The first kappa shape index (κ1) is 21.2. The molecule has 0 fully saturated rings. The molecule has 2 rings (SSSR count). The molecule has 9 nitrogen and oxygen atoms in total. The van der Waals surface area contributed by atoms with Gasteiger partial charge in [0.15, 0.2) is 5.11 Å². The molecule has 1 aromatic heterocycles. The van der Waals surface area contributed by atoms with Crippen LogP contribution in [-0.4, -0.2) is 36.2 Å². The summed E-state index contributed by atoms with van der Waals surface area (Å²) in [6.07, 6.45) is 0. The van der Waals surface area contributed by atoms with Crippen LogP contribution in [0.15, 0.2) is 18.2 Å². The van der Waals surface area contributed by atoms with Crippen LogP contribution in [0.5, 0.6) is 0 Å². The van der Waals surface area contributed by atoms with Gasteiger partial charge in [0.05, 0.1) is 30.8 Å². The van der Waals surface area contributed by atoms with Crippen LogP contribution < -0.4 is 10.6 Å². The van der Waals surface area contributed by atoms with E-state index in [9.17, 15) is 24.1 Å². The van der Waals surface area contributed by atoms with Crippen LogP contribution >= 0.6 is 23.6 Å². The minimum atomic E-state index is -0.777. The lowest BCUT2D eigenvalue weighted by atomic mass is 10.1. The van der Waals surface area contributed by atoms with Crippen molar-refractivity contribution in [2.75, 3.05) is 24.9 Å². The third-order valence-electron chi connectivity index (χ3n) is 3.54. The third-order valence-corrected chi connectivity index (χ3v) is 4.93. The highest BCUT2D eigenvalue weighted by Crippen LogP contribution is 2.34. The molecule has 0 bridgehead atoms. The zero-order chi connectivity index (χ0) is 21.0. The Bertz CT molecular complexity index is 976. The molecule has 2 aromatic rings. The quantitative estimate of drug-likeness (QED) is 0.320. The number of methoxy groups -OCH3 is 2. The summed E-state index contributed by atoms with van der Waals surface area (Å²) in [4.78, 5) is 34.5. The van der Waals surface area contributed by atoms with E-state index in [1.165, 1.54) is 14.2 Å². The Labute approximate surface area is 167 Å². The predicted molar refractivity (Wildman–Crippen MR) is 105 cm³/mol. The Morgan fingerprint density at radius 1 is 1.21 bits per heavy atom. The van der Waals surface area contributed by atoms with E-state index in [1.807, 2.05) is 0 Å². The van der Waals surface area contributed by atoms with Crippen LogP contribution in [0.2, 0.25) is 0 Å². The highest BCUT2D eigenvalue weighted by Gasteiger charge is 2.26. The van der Waals surface area contributed by atoms with Gasteiger partial charge in [0.25, 0.3) is 5.69 Å². The molecular weight excluding hydrogens is 413 g/mol. The van der Waals surface area contributed by atoms with Crippen molar-refractivity contribution in [3.63, 3.8) is 0 Å². The lowest BCUT2D eigenvalue weighted by molar-refractivity contribution is -0.384. The van der Waals surface area contributed by atoms with Gasteiger partial charge in [-0.3, -0.25) is 10.1 Å². The molecule has 0 amide bonds. The fourth-order valence-corrected chi connectivity index (χ4v) is 3.65. The summed E-state index contributed by atoms with van der Waals surface area (Å²) in [5.41, 5.74) is -0.160. The van der Waals surface area contributed by atoms with E-state index < -0.39 is 28.4 Å². The summed E-state index contributed by atoms with van der Waals surface area (Å²) in [7, 11) is 2.38. The first-order valence-electron chi connectivity index (χ1n) is 7.51. The van der Waals surface area contributed by atoms with Crippen molar-refractivity contribution in [2.45, 2.75) is 6.92 Å². The van der Waals surface area contributed by atoms with E-state index >= 15 is 0 Å². The van der Waals surface area contributed by atoms with Crippen LogP contribution in [-0.2, 0) is 9.47 Å². The number of carbonyl (C=O) groups excluding carboxylic acids is 2. The molecule has 28 heavy (non-hydrogen) atoms. The van der Waals surface area contributed by atoms with E-state index in [-0.39, 0.29) is 26.2 Å². The highest BCUT2D eigenvalue weighted by atomic mass is 32.1. The molecule has 2 N–H and O–H groups in total. The number of nitro groups is 1. The predicted octanol–water partition coefficient (Wildman–Crippen LogP) is 3.49. The summed E-state index contributed by atoms with van der Waals surface area (Å²) < 4.78 is 22.7. The molecule has 0 aliphatic heterocycles. The minimum Gasteiger partial charge on any atom is -0.465 e. The molecule has 0 aliphatic carbocycles. The number of nitrogens with one attached hydrogen (secondary N) is 2. The number of nitro benzene ring substituents is 1. The van der Waals surface area contributed by atoms with Crippen LogP contribution in [0, 0.1) is 22.9 Å². The molecule has 0 unspecified atom stereocenters. The van der Waals surface area contributed by atoms with Gasteiger partial charge in [-0.1, -0.05) is 0 Å². The second-order valence-electron chi connectivity index (χ2n) is 5.24. The molecular formula is C16H14FN3O6S2. The van der Waals surface area contributed by atoms with E-state index in [0.717, 1.165) is 29.5 Å². The van der Waals surface area contributed by atoms with Gasteiger partial charge in [0, 0.05) is 0 Å². The monoisotopic (exact) mass is 427 g/mol. The first-order valence-corrected chi connectivity index (χ1v) is 8.74. The molecule has 0 radical (unpaired) electrons. The lowest BCUT2D eigenvalue weighted by Gasteiger charge is -2.11. The molecule has 0 atom stereocenters. The highest BCUT2D eigenvalue weighted by molar-refractivity contribution is 7.80. The summed E-state index contributed by atoms with van der Waals surface area (Å²) in [5.74, 6) is -2.13. The molecule has 0 saturated heterocycles. The Hall–Kier alpha value is -3.12. The van der Waals surface area contributed by atoms with E-state index in [1.54, 1.807) is 6.92 Å². The van der Waals surface area contributed by atoms with Crippen LogP contribution in [0.4, 0.5) is 20.8 Å². The van der Waals surface area contributed by atoms with Crippen molar-refractivity contribution in [3.8, 4) is 0 Å². The molecule has 1 heterocycles. The topological polar surface area (TPSA) is 120 Å². The number of esters is 2. The number of thiophene rings is 1. The van der Waals surface area contributed by atoms with E-state index in [2.05, 4.69) is 15.4 Å². The summed E-state index contributed by atoms with van der Waals surface area (Å²) in [6.45, 7) is 1.54. The van der Waals surface area contributed by atoms with Gasteiger partial charge in [-0.25, -0.2) is 14.0 Å². The molecule has 0 spiro atoms. The van der Waals surface area contributed by atoms with E-state index in [0.29, 0.717) is 5.56 Å². The van der Waals surface area contributed by atoms with Gasteiger partial charge < -0.3 is 20.1 Å². The Kier molecular flexibility index (Phi) is 6.59. The normalized spacial score (nSPS) is 10.1. The number of thiocarbonyl (C=S) groups is 1. The molecule has 0 saturated carbocycles. The fourth-order valence-electron chi connectivity index (χ4n) is 2.26. The zero-order valence-electron chi connectivity index (χ0n) is 14.8. The Morgan fingerprint density at radius 2 is 1.86 bits per heavy atom. The van der Waals surface area contributed by atoms with Crippen molar-refractivity contribution in [1.82, 2.24) is 0 Å². The standard InChI is InChI=1S/C16H14FN3O6S2/c1-7-11(14(21)25-2)13(28-12(7)15(22)26-3)19-16(27)18-9-5-4-8(17)6-10(9)20(23)24/h4-6H,1-3H3,(H2,18,19,27). The van der Waals surface area contributed by atoms with Crippen LogP contribution in [0.3, 0.4) is 0 Å². The number of carbonyl (C=O) groups is 2. The van der Waals surface area contributed by atoms with Gasteiger partial charge in [0.1, 0.15) is 21.4 Å². The van der Waals surface area contributed by atoms with Crippen molar-refractivity contribution >= 4 is 57.0 Å². The fraction of sp³-hybridized carbons (Fsp3) is 0.188. The van der Waals surface area contributed by atoms with Crippen molar-refractivity contribution < 1.29 is 28.4 Å². The third kappa shape index (κ3) is 4.40. The summed E-state index contributed by atoms with van der Waals surface area (Å²) in [5, 5.41) is 16.4. The molecule has 1 aromatic carbocycles. The number of hydrogen-bond donors (Lipinski definition) is 2.